The lowest BCUT2D eigenvalue weighted by atomic mass is 9.47. The standard InChI is InChI=1S/C52H92N6O14.4CHF3O3S/c1-25(2)9-8-10-26(3)30-14-15-31-29-13-12-27-21-28(16-18-51(27,4)32(29)17-19-52(30,31)5)68-50(67)57-20-7-6-11-33(53)47(66)58-23-36-40(61)42(63)43(64)49(69-36)72-46-35(55)22-34(54)45(44(46)65)71-48-41(62)38(56)39(60)37(24-59)70-48;4*2-1(3,4)8(5,6)7/h12,25-26,28-46,48-49,59-65H,6-11,13-24,53-56H2,1-5H3,(H,57,67)(H,58,66);4*(H,5,6,7)/t26-,28+,29+,30-,31+,32+,33+,34-,35+,36-,37-,38+,39-,40-,41-,42+,43-,44-,45+,46+,48+,49+,51+,52-;;;;/m1..../s1. The number of hydrogen-bond acceptors (Lipinski definition) is 26. The number of carbonyl (C=O) groups excluding carboxylic acids is 2. The maximum absolute atomic E-state index is 13.1. The Bertz CT molecular complexity index is 3090. The Kier molecular flexibility index (Phi) is 34.3. The lowest BCUT2D eigenvalue weighted by molar-refractivity contribution is -0.525. The van der Waals surface area contributed by atoms with Crippen LogP contribution < -0.4 is 33.6 Å². The highest BCUT2D eigenvalue weighted by Crippen LogP contribution is 2.67. The molecule has 0 unspecified atom stereocenters. The summed E-state index contributed by atoms with van der Waals surface area (Å²) in [5.74, 6) is 4.25. The molecule has 0 bridgehead atoms. The van der Waals surface area contributed by atoms with Crippen LogP contribution in [-0.2, 0) is 69.0 Å². The highest BCUT2D eigenvalue weighted by molar-refractivity contribution is 7.87. The Balaban J connectivity index is 0.000000723. The molecule has 48 heteroatoms. The first kappa shape index (κ1) is 94.9. The van der Waals surface area contributed by atoms with Crippen LogP contribution in [0.5, 0.6) is 0 Å². The van der Waals surface area contributed by atoms with E-state index in [1.54, 1.807) is 0 Å². The Morgan fingerprint density at radius 2 is 1.10 bits per heavy atom. The largest absolute Gasteiger partial charge is 0.741 e. The maximum atomic E-state index is 13.1. The number of alkyl halides is 12. The molecule has 32 nitrogen and oxygen atoms in total. The first-order chi connectivity index (χ1) is 47.1. The molecule has 7 rings (SSSR count). The zero-order valence-electron chi connectivity index (χ0n) is 57.0. The molecule has 614 valence electrons. The van der Waals surface area contributed by atoms with Gasteiger partial charge in [-0.3, -0.25) is 4.79 Å². The molecule has 2 heterocycles. The van der Waals surface area contributed by atoms with Gasteiger partial charge >= 0.3 is 28.1 Å². The predicted octanol–water partition coefficient (Wildman–Crippen LogP) is -2.16. The first-order valence-electron chi connectivity index (χ1n) is 32.7. The van der Waals surface area contributed by atoms with Gasteiger partial charge in [0.05, 0.1) is 13.0 Å². The summed E-state index contributed by atoms with van der Waals surface area (Å²) in [7, 11) is -24.4. The molecule has 0 aromatic rings. The van der Waals surface area contributed by atoms with E-state index in [-0.39, 0.29) is 24.5 Å². The number of fused-ring (bicyclic) bond motifs is 5. The van der Waals surface area contributed by atoms with Crippen molar-refractivity contribution in [1.82, 2.24) is 10.6 Å². The summed E-state index contributed by atoms with van der Waals surface area (Å²) in [5.41, 5.74) is -4.56. The number of ether oxygens (including phenoxy) is 5. The second-order valence-electron chi connectivity index (χ2n) is 27.9. The van der Waals surface area contributed by atoms with Crippen molar-refractivity contribution in [2.24, 2.45) is 46.3 Å². The molecular formula is C56H96F12N6O26S4. The smallest absolute Gasteiger partial charge is 0.485 e. The number of amides is 2. The molecule has 0 aromatic heterocycles. The van der Waals surface area contributed by atoms with Gasteiger partial charge in [0.15, 0.2) is 65.2 Å². The van der Waals surface area contributed by atoms with E-state index >= 15 is 0 Å². The number of hydrogen-bond donors (Lipinski definition) is 13. The fraction of sp³-hybridized carbons (Fsp3) is 0.929. The summed E-state index contributed by atoms with van der Waals surface area (Å²) < 4.78 is 265. The number of rotatable bonds is 19. The Morgan fingerprint density at radius 3 is 1.57 bits per heavy atom. The van der Waals surface area contributed by atoms with E-state index in [1.807, 2.05) is 0 Å². The van der Waals surface area contributed by atoms with E-state index in [0.717, 1.165) is 55.3 Å². The van der Waals surface area contributed by atoms with E-state index < -0.39 is 179 Å². The number of nitrogens with one attached hydrogen (secondary N) is 2. The maximum Gasteiger partial charge on any atom is 0.485 e. The third-order valence-electron chi connectivity index (χ3n) is 20.2. The van der Waals surface area contributed by atoms with Gasteiger partial charge in [0.2, 0.25) is 0 Å². The van der Waals surface area contributed by atoms with E-state index in [2.05, 4.69) is 74.3 Å². The van der Waals surface area contributed by atoms with Crippen LogP contribution in [0.25, 0.3) is 0 Å². The van der Waals surface area contributed by atoms with Gasteiger partial charge in [0.1, 0.15) is 79.2 Å². The minimum absolute atomic E-state index is 0.144. The van der Waals surface area contributed by atoms with Crippen molar-refractivity contribution in [2.45, 2.75) is 257 Å². The topological polar surface area (TPSA) is 585 Å². The number of aliphatic hydroxyl groups excluding tert-OH is 7. The first-order valence-corrected chi connectivity index (χ1v) is 38.4. The van der Waals surface area contributed by atoms with Gasteiger partial charge in [-0.2, -0.15) is 52.7 Å². The fourth-order valence-corrected chi connectivity index (χ4v) is 14.7. The third-order valence-corrected chi connectivity index (χ3v) is 22.5. The quantitative estimate of drug-likeness (QED) is 0.0215. The molecular weight excluding hydrogens is 1530 g/mol. The van der Waals surface area contributed by atoms with Crippen LogP contribution in [0.2, 0.25) is 0 Å². The zero-order chi connectivity index (χ0) is 80.4. The van der Waals surface area contributed by atoms with Crippen LogP contribution in [0.15, 0.2) is 11.6 Å². The number of allylic oxidation sites excluding steroid dienone is 1. The van der Waals surface area contributed by atoms with Crippen LogP contribution in [0.4, 0.5) is 57.5 Å². The van der Waals surface area contributed by atoms with E-state index in [4.69, 9.17) is 75.6 Å². The minimum atomic E-state index is -6.09. The van der Waals surface area contributed by atoms with Crippen LogP contribution in [0.1, 0.15) is 131 Å². The average molecular weight is 1630 g/mol. The predicted molar refractivity (Wildman–Crippen MR) is 323 cm³/mol. The molecule has 2 amide bonds. The van der Waals surface area contributed by atoms with Crippen molar-refractivity contribution in [2.75, 3.05) is 19.7 Å². The van der Waals surface area contributed by atoms with Crippen molar-refractivity contribution >= 4 is 52.5 Å². The van der Waals surface area contributed by atoms with Gasteiger partial charge < -0.3 is 111 Å². The van der Waals surface area contributed by atoms with E-state index in [1.165, 1.54) is 50.5 Å². The van der Waals surface area contributed by atoms with Crippen LogP contribution in [0.3, 0.4) is 0 Å². The Labute approximate surface area is 592 Å². The molecule has 0 radical (unpaired) electrons. The molecule has 6 fully saturated rings. The fourth-order valence-electron chi connectivity index (χ4n) is 14.7. The molecule has 24 atom stereocenters. The van der Waals surface area contributed by atoms with Crippen LogP contribution in [0, 0.1) is 46.3 Å². The number of alkyl carbamates (subject to hydrolysis) is 1. The summed E-state index contributed by atoms with van der Waals surface area (Å²) in [6, 6.07) is -2.82. The zero-order valence-corrected chi connectivity index (χ0v) is 60.2. The van der Waals surface area contributed by atoms with Crippen molar-refractivity contribution < 1.29 is 197 Å². The molecule has 7 aliphatic rings. The average Bonchev–Trinajstić information content (AvgIpc) is 1.39. The van der Waals surface area contributed by atoms with Gasteiger partial charge in [0.25, 0.3) is 5.91 Å². The normalized spacial score (nSPS) is 35.5. The summed E-state index contributed by atoms with van der Waals surface area (Å²) >= 11 is 0. The van der Waals surface area contributed by atoms with Crippen molar-refractivity contribution in [3.05, 3.63) is 11.6 Å². The van der Waals surface area contributed by atoms with Crippen LogP contribution in [-0.4, -0.2) is 245 Å². The molecule has 104 heavy (non-hydrogen) atoms. The molecule has 0 spiro atoms. The molecule has 2 saturated heterocycles. The Hall–Kier alpha value is -3.32. The number of carbonyl (C=O) groups is 2. The lowest BCUT2D eigenvalue weighted by Gasteiger charge is -2.58. The van der Waals surface area contributed by atoms with E-state index in [0.29, 0.717) is 37.1 Å². The molecule has 21 N–H and O–H groups in total. The van der Waals surface area contributed by atoms with Gasteiger partial charge in [0, 0.05) is 25.9 Å². The third kappa shape index (κ3) is 25.6. The molecule has 4 saturated carbocycles. The van der Waals surface area contributed by atoms with Crippen molar-refractivity contribution in [1.29, 1.82) is 0 Å². The highest BCUT2D eigenvalue weighted by atomic mass is 32.2. The van der Waals surface area contributed by atoms with Crippen LogP contribution >= 0.6 is 0 Å². The summed E-state index contributed by atoms with van der Waals surface area (Å²) in [5, 5.41) is 80.3. The minimum Gasteiger partial charge on any atom is -0.741 e. The second kappa shape index (κ2) is 37.6. The number of halogens is 12. The number of quaternary nitrogens is 4. The van der Waals surface area contributed by atoms with Gasteiger partial charge in [-0.15, -0.1) is 0 Å². The summed E-state index contributed by atoms with van der Waals surface area (Å²) in [4.78, 5) is 26.1. The second-order valence-corrected chi connectivity index (χ2v) is 33.3. The summed E-state index contributed by atoms with van der Waals surface area (Å²) in [6.07, 6.45) is 0.439. The molecule has 2 aliphatic heterocycles. The number of aliphatic hydroxyl groups is 7. The van der Waals surface area contributed by atoms with Gasteiger partial charge in [-0.1, -0.05) is 65.5 Å². The SMILES string of the molecule is CC(C)CCC[C@@H](C)[C@H]1CC[C@H]2[C@@H]3CC=C4C[C@@H](OC(=O)NCCCC[C@H]([NH3+])C(=O)NC[C@H]5O[C@@H](O[C@@H]6[C@H](O)[C@@H](O[C@@H]7O[C@H](CO)[C@@H](O)[C@H]([NH3+])[C@H]7O)[C@H]([NH3+])C[C@@H]6[NH3+])[C@H](O)[C@@H](O)[C@@H]5O)CC[C@]4(C)[C@H]3CC[C@]12C.O=S(=O)([O-])C(F)(F)F.O=S(=O)([O-])C(F)(F)F.O=S(=O)([O-])C(F)(F)F.O=S(=O)([O-])C(F)(F)F. The van der Waals surface area contributed by atoms with Crippen molar-refractivity contribution in [3.63, 3.8) is 0 Å². The van der Waals surface area contributed by atoms with Gasteiger partial charge in [-0.25, -0.2) is 38.5 Å². The van der Waals surface area contributed by atoms with E-state index in [9.17, 15) is 98.0 Å². The summed E-state index contributed by atoms with van der Waals surface area (Å²) in [6.45, 7) is 11.9. The van der Waals surface area contributed by atoms with Gasteiger partial charge in [-0.05, 0) is 104 Å². The van der Waals surface area contributed by atoms with Crippen molar-refractivity contribution in [3.8, 4) is 0 Å². The monoisotopic (exact) mass is 1620 g/mol. The molecule has 0 aromatic carbocycles. The number of unbranched alkanes of at least 4 members (excludes halogenated alkanes) is 1. The lowest BCUT2D eigenvalue weighted by Crippen LogP contribution is -2.83. The Morgan fingerprint density at radius 1 is 0.615 bits per heavy atom. The molecule has 5 aliphatic carbocycles. The highest BCUT2D eigenvalue weighted by Gasteiger charge is 2.60.